The van der Waals surface area contributed by atoms with Gasteiger partial charge in [-0.25, -0.2) is 9.59 Å². The van der Waals surface area contributed by atoms with Gasteiger partial charge in [-0.1, -0.05) is 35.5 Å². The molecule has 1 amide bonds. The molecule has 0 spiro atoms. The van der Waals surface area contributed by atoms with Crippen molar-refractivity contribution in [2.45, 2.75) is 25.8 Å². The summed E-state index contributed by atoms with van der Waals surface area (Å²) in [7, 11) is 0. The van der Waals surface area contributed by atoms with E-state index in [0.29, 0.717) is 12.5 Å². The molecule has 11 nitrogen and oxygen atoms in total. The Morgan fingerprint density at radius 2 is 1.74 bits per heavy atom. The van der Waals surface area contributed by atoms with E-state index in [1.807, 2.05) is 12.1 Å². The zero-order valence-corrected chi connectivity index (χ0v) is 21.0. The number of nitrogens with one attached hydrogen (secondary N) is 1. The Morgan fingerprint density at radius 1 is 1.03 bits per heavy atom. The molecule has 0 radical (unpaired) electrons. The zero-order valence-electron chi connectivity index (χ0n) is 21.0. The minimum atomic E-state index is -0.854. The fourth-order valence-electron chi connectivity index (χ4n) is 4.60. The van der Waals surface area contributed by atoms with E-state index in [1.165, 1.54) is 17.7 Å². The Balaban J connectivity index is 1.18. The predicted molar refractivity (Wildman–Crippen MR) is 136 cm³/mol. The Kier molecular flexibility index (Phi) is 7.75. The minimum absolute atomic E-state index is 0.0337. The number of benzene rings is 2. The van der Waals surface area contributed by atoms with Gasteiger partial charge in [0, 0.05) is 25.2 Å². The second kappa shape index (κ2) is 11.7. The van der Waals surface area contributed by atoms with E-state index in [4.69, 9.17) is 14.0 Å². The Labute approximate surface area is 224 Å². The smallest absolute Gasteiger partial charge is 0.336 e. The molecule has 1 aromatic heterocycles. The molecule has 2 aliphatic heterocycles. The van der Waals surface area contributed by atoms with Crippen LogP contribution in [0.15, 0.2) is 59.1 Å². The summed E-state index contributed by atoms with van der Waals surface area (Å²) in [6, 6.07) is 15.1. The van der Waals surface area contributed by atoms with Crippen LogP contribution >= 0.6 is 0 Å². The van der Waals surface area contributed by atoms with Gasteiger partial charge in [0.05, 0.1) is 11.1 Å². The molecule has 2 aromatic carbocycles. The minimum Gasteiger partial charge on any atom is -0.418 e. The number of esters is 2. The maximum Gasteiger partial charge on any atom is 0.336 e. The lowest BCUT2D eigenvalue weighted by molar-refractivity contribution is -0.133. The van der Waals surface area contributed by atoms with Crippen LogP contribution < -0.4 is 14.8 Å². The number of piperidine rings is 1. The Hall–Kier alpha value is -4.82. The van der Waals surface area contributed by atoms with Crippen molar-refractivity contribution in [2.24, 2.45) is 5.92 Å². The van der Waals surface area contributed by atoms with E-state index in [1.54, 1.807) is 0 Å². The average Bonchev–Trinajstić information content (AvgIpc) is 3.44. The van der Waals surface area contributed by atoms with Gasteiger partial charge in [-0.05, 0) is 56.0 Å². The normalized spacial score (nSPS) is 16.7. The number of aromatic nitrogens is 2. The highest BCUT2D eigenvalue weighted by Gasteiger charge is 2.27. The van der Waals surface area contributed by atoms with Crippen molar-refractivity contribution in [3.8, 4) is 29.0 Å². The fraction of sp³-hybridized carbons (Fsp3) is 0.286. The quantitative estimate of drug-likeness (QED) is 0.359. The Morgan fingerprint density at radius 3 is 2.46 bits per heavy atom. The molecular weight excluding hydrogens is 502 g/mol. The molecule has 1 saturated heterocycles. The van der Waals surface area contributed by atoms with Crippen LogP contribution in [0.25, 0.3) is 11.5 Å². The average molecular weight is 528 g/mol. The van der Waals surface area contributed by atoms with Crippen molar-refractivity contribution >= 4 is 17.8 Å². The van der Waals surface area contributed by atoms with Gasteiger partial charge in [0.1, 0.15) is 6.07 Å². The van der Waals surface area contributed by atoms with Crippen LogP contribution in [0, 0.1) is 17.2 Å². The Bertz CT molecular complexity index is 1450. The largest absolute Gasteiger partial charge is 0.418 e. The highest BCUT2D eigenvalue weighted by Crippen LogP contribution is 2.41. The summed E-state index contributed by atoms with van der Waals surface area (Å²) >= 11 is 0. The predicted octanol–water partition coefficient (Wildman–Crippen LogP) is 3.02. The van der Waals surface area contributed by atoms with Gasteiger partial charge < -0.3 is 19.3 Å². The maximum atomic E-state index is 12.7. The lowest BCUT2D eigenvalue weighted by Gasteiger charge is -2.32. The van der Waals surface area contributed by atoms with Crippen molar-refractivity contribution in [1.82, 2.24) is 20.4 Å². The molecule has 198 valence electrons. The van der Waals surface area contributed by atoms with Crippen LogP contribution in [0.2, 0.25) is 0 Å². The number of hydrogen-bond acceptors (Lipinski definition) is 10. The van der Waals surface area contributed by atoms with Crippen molar-refractivity contribution in [2.75, 3.05) is 19.6 Å². The number of rotatable bonds is 7. The van der Waals surface area contributed by atoms with E-state index < -0.39 is 17.8 Å². The third kappa shape index (κ3) is 6.19. The number of fused-ring (bicyclic) bond motifs is 1. The molecule has 5 rings (SSSR count). The molecule has 0 atom stereocenters. The topological polar surface area (TPSA) is 148 Å². The van der Waals surface area contributed by atoms with Gasteiger partial charge in [0.25, 0.3) is 17.6 Å². The van der Waals surface area contributed by atoms with Gasteiger partial charge >= 0.3 is 11.9 Å². The molecule has 1 N–H and O–H groups in total. The van der Waals surface area contributed by atoms with E-state index >= 15 is 0 Å². The maximum absolute atomic E-state index is 12.7. The van der Waals surface area contributed by atoms with Gasteiger partial charge in [0.2, 0.25) is 0 Å². The van der Waals surface area contributed by atoms with Gasteiger partial charge in [0.15, 0.2) is 11.5 Å². The van der Waals surface area contributed by atoms with Gasteiger partial charge in [-0.2, -0.15) is 10.2 Å². The van der Waals surface area contributed by atoms with Gasteiger partial charge in [-0.15, -0.1) is 0 Å². The third-order valence-electron chi connectivity index (χ3n) is 6.65. The summed E-state index contributed by atoms with van der Waals surface area (Å²) in [5, 5.41) is 16.0. The van der Waals surface area contributed by atoms with Crippen LogP contribution in [-0.4, -0.2) is 52.5 Å². The van der Waals surface area contributed by atoms with Crippen LogP contribution in [0.3, 0.4) is 0 Å². The molecule has 2 aliphatic rings. The fourth-order valence-corrected chi connectivity index (χ4v) is 4.60. The van der Waals surface area contributed by atoms with Crippen LogP contribution in [0.1, 0.15) is 41.0 Å². The first-order chi connectivity index (χ1) is 19.0. The SMILES string of the molecule is N#Cc1ccc(-c2nc(C(=O)NCCC3CCN(Cc4ccccc4)CC3)no2)c2c1OC(=O)/C=C/C(=O)O2. The van der Waals surface area contributed by atoms with Crippen molar-refractivity contribution < 1.29 is 28.4 Å². The number of carbonyl (C=O) groups excluding carboxylic acids is 3. The number of nitrogens with zero attached hydrogens (tertiary/aromatic N) is 4. The number of ether oxygens (including phenoxy) is 2. The lowest BCUT2D eigenvalue weighted by Crippen LogP contribution is -2.35. The molecule has 3 aromatic rings. The first-order valence-corrected chi connectivity index (χ1v) is 12.6. The second-order valence-electron chi connectivity index (χ2n) is 9.28. The number of hydrogen-bond donors (Lipinski definition) is 1. The molecule has 0 saturated carbocycles. The standard InChI is InChI=1S/C28H25N5O6/c29-16-20-6-7-21(25-24(20)37-22(34)8-9-23(35)38-25)28-31-26(32-39-28)27(36)30-13-10-18-11-14-33(15-12-18)17-19-4-2-1-3-5-19/h1-9,18H,10-15,17H2,(H,30,36)/b9-8+. The number of nitriles is 1. The summed E-state index contributed by atoms with van der Waals surface area (Å²) < 4.78 is 15.7. The zero-order chi connectivity index (χ0) is 27.2. The van der Waals surface area contributed by atoms with Crippen molar-refractivity contribution in [3.63, 3.8) is 0 Å². The molecule has 11 heteroatoms. The van der Waals surface area contributed by atoms with E-state index in [9.17, 15) is 19.6 Å². The summed E-state index contributed by atoms with van der Waals surface area (Å²) in [4.78, 5) is 43.2. The lowest BCUT2D eigenvalue weighted by atomic mass is 9.93. The van der Waals surface area contributed by atoms with Crippen LogP contribution in [0.4, 0.5) is 0 Å². The summed E-state index contributed by atoms with van der Waals surface area (Å²) in [6.45, 7) is 3.46. The highest BCUT2D eigenvalue weighted by atomic mass is 16.6. The number of carbonyl (C=O) groups is 3. The summed E-state index contributed by atoms with van der Waals surface area (Å²) in [5.41, 5.74) is 1.37. The van der Waals surface area contributed by atoms with Crippen molar-refractivity contribution in [1.29, 1.82) is 5.26 Å². The summed E-state index contributed by atoms with van der Waals surface area (Å²) in [5.74, 6) is -2.52. The third-order valence-corrected chi connectivity index (χ3v) is 6.65. The van der Waals surface area contributed by atoms with E-state index in [2.05, 4.69) is 44.6 Å². The van der Waals surface area contributed by atoms with E-state index in [0.717, 1.165) is 51.0 Å². The molecule has 0 bridgehead atoms. The number of likely N-dealkylation sites (tertiary alicyclic amines) is 1. The molecule has 39 heavy (non-hydrogen) atoms. The first-order valence-electron chi connectivity index (χ1n) is 12.6. The van der Waals surface area contributed by atoms with Crippen LogP contribution in [0.5, 0.6) is 11.5 Å². The molecule has 3 heterocycles. The van der Waals surface area contributed by atoms with E-state index in [-0.39, 0.29) is 34.3 Å². The first kappa shape index (κ1) is 25.8. The van der Waals surface area contributed by atoms with Crippen molar-refractivity contribution in [3.05, 3.63) is 71.6 Å². The highest BCUT2D eigenvalue weighted by molar-refractivity contribution is 5.97. The second-order valence-corrected chi connectivity index (χ2v) is 9.28. The van der Waals surface area contributed by atoms with Gasteiger partial charge in [-0.3, -0.25) is 9.69 Å². The molecule has 1 fully saturated rings. The van der Waals surface area contributed by atoms with Crippen LogP contribution in [-0.2, 0) is 16.1 Å². The monoisotopic (exact) mass is 527 g/mol. The number of amides is 1. The molecule has 0 unspecified atom stereocenters. The molecule has 0 aliphatic carbocycles. The summed E-state index contributed by atoms with van der Waals surface area (Å²) in [6.07, 6.45) is 4.76. The molecular formula is C28H25N5O6.